The van der Waals surface area contributed by atoms with E-state index in [0.29, 0.717) is 12.0 Å². The maximum atomic E-state index is 12.8. The number of aliphatic hydroxyl groups excluding tert-OH is 1. The van der Waals surface area contributed by atoms with E-state index in [0.717, 1.165) is 25.0 Å². The summed E-state index contributed by atoms with van der Waals surface area (Å²) in [5, 5.41) is 10.4. The van der Waals surface area contributed by atoms with Crippen molar-refractivity contribution in [3.8, 4) is 0 Å². The molecule has 0 amide bonds. The molecule has 1 N–H and O–H groups in total. The largest absolute Gasteiger partial charge is 0.416 e. The summed E-state index contributed by atoms with van der Waals surface area (Å²) in [6, 6.07) is 15.1. The summed E-state index contributed by atoms with van der Waals surface area (Å²) in [7, 11) is 0. The van der Waals surface area contributed by atoms with Crippen LogP contribution >= 0.6 is 0 Å². The SMILES string of the molecule is C[C@@H]1[C@@H](O)C[C@@H](CCc2ccccc2)O[C@H]1c1ccc(C(F)(F)F)cc1. The standard InChI is InChI=1S/C21H23F3O2/c1-14-19(25)13-18(12-7-15-5-3-2-4-6-15)26-20(14)16-8-10-17(11-9-16)21(22,23)24/h2-6,8-11,14,18-20,25H,7,12-13H2,1H3/t14-,18-,19+,20-/m1/s1. The van der Waals surface area contributed by atoms with E-state index in [1.165, 1.54) is 17.7 Å². The molecule has 0 spiro atoms. The molecule has 0 bridgehead atoms. The van der Waals surface area contributed by atoms with Crippen LogP contribution < -0.4 is 0 Å². The topological polar surface area (TPSA) is 29.5 Å². The summed E-state index contributed by atoms with van der Waals surface area (Å²) in [6.07, 6.45) is -3.25. The minimum atomic E-state index is -4.35. The number of aliphatic hydroxyl groups is 1. The summed E-state index contributed by atoms with van der Waals surface area (Å²) in [6.45, 7) is 1.88. The Morgan fingerprint density at radius 3 is 2.31 bits per heavy atom. The van der Waals surface area contributed by atoms with E-state index in [9.17, 15) is 18.3 Å². The number of hydrogen-bond acceptors (Lipinski definition) is 2. The van der Waals surface area contributed by atoms with E-state index < -0.39 is 23.9 Å². The van der Waals surface area contributed by atoms with Gasteiger partial charge in [0.2, 0.25) is 0 Å². The molecule has 4 atom stereocenters. The molecule has 1 saturated heterocycles. The van der Waals surface area contributed by atoms with E-state index in [4.69, 9.17) is 4.74 Å². The Morgan fingerprint density at radius 2 is 1.69 bits per heavy atom. The van der Waals surface area contributed by atoms with E-state index >= 15 is 0 Å². The van der Waals surface area contributed by atoms with Crippen molar-refractivity contribution in [2.24, 2.45) is 5.92 Å². The molecule has 2 nitrogen and oxygen atoms in total. The van der Waals surface area contributed by atoms with Gasteiger partial charge in [0.1, 0.15) is 0 Å². The normalized spacial score (nSPS) is 26.7. The highest BCUT2D eigenvalue weighted by Crippen LogP contribution is 2.38. The molecule has 2 aromatic carbocycles. The van der Waals surface area contributed by atoms with Crippen LogP contribution in [-0.2, 0) is 17.3 Å². The number of benzene rings is 2. The zero-order valence-corrected chi connectivity index (χ0v) is 14.6. The number of hydrogen-bond donors (Lipinski definition) is 1. The highest BCUT2D eigenvalue weighted by Gasteiger charge is 2.36. The molecule has 0 aromatic heterocycles. The van der Waals surface area contributed by atoms with Gasteiger partial charge in [0, 0.05) is 5.92 Å². The molecule has 0 aliphatic carbocycles. The van der Waals surface area contributed by atoms with Crippen LogP contribution in [0.4, 0.5) is 13.2 Å². The zero-order valence-electron chi connectivity index (χ0n) is 14.6. The molecule has 2 aromatic rings. The lowest BCUT2D eigenvalue weighted by Gasteiger charge is -2.38. The van der Waals surface area contributed by atoms with Crippen molar-refractivity contribution in [3.63, 3.8) is 0 Å². The summed E-state index contributed by atoms with van der Waals surface area (Å²) in [5.74, 6) is -0.167. The van der Waals surface area contributed by atoms with Crippen molar-refractivity contribution in [2.75, 3.05) is 0 Å². The van der Waals surface area contributed by atoms with Crippen molar-refractivity contribution < 1.29 is 23.0 Å². The molecule has 26 heavy (non-hydrogen) atoms. The molecule has 3 rings (SSSR count). The Bertz CT molecular complexity index is 697. The second-order valence-electron chi connectivity index (χ2n) is 6.98. The van der Waals surface area contributed by atoms with Crippen LogP contribution in [0, 0.1) is 5.92 Å². The fourth-order valence-electron chi connectivity index (χ4n) is 3.47. The van der Waals surface area contributed by atoms with Crippen LogP contribution in [0.2, 0.25) is 0 Å². The quantitative estimate of drug-likeness (QED) is 0.811. The molecule has 1 aliphatic rings. The summed E-state index contributed by atoms with van der Waals surface area (Å²) in [5.41, 5.74) is 1.20. The van der Waals surface area contributed by atoms with Gasteiger partial charge in [-0.15, -0.1) is 0 Å². The molecule has 1 heterocycles. The first-order valence-corrected chi connectivity index (χ1v) is 8.89. The third kappa shape index (κ3) is 4.46. The molecular weight excluding hydrogens is 341 g/mol. The third-order valence-electron chi connectivity index (χ3n) is 5.09. The second kappa shape index (κ2) is 7.80. The fraction of sp³-hybridized carbons (Fsp3) is 0.429. The van der Waals surface area contributed by atoms with Gasteiger partial charge >= 0.3 is 6.18 Å². The maximum absolute atomic E-state index is 12.8. The fourth-order valence-corrected chi connectivity index (χ4v) is 3.47. The second-order valence-corrected chi connectivity index (χ2v) is 6.98. The number of alkyl halides is 3. The van der Waals surface area contributed by atoms with Crippen LogP contribution in [0.3, 0.4) is 0 Å². The van der Waals surface area contributed by atoms with Crippen LogP contribution in [0.1, 0.15) is 42.6 Å². The van der Waals surface area contributed by atoms with Gasteiger partial charge in [-0.1, -0.05) is 49.4 Å². The smallest absolute Gasteiger partial charge is 0.393 e. The molecule has 140 valence electrons. The predicted octanol–water partition coefficient (Wildman–Crippen LogP) is 5.17. The van der Waals surface area contributed by atoms with Gasteiger partial charge in [0.15, 0.2) is 0 Å². The average Bonchev–Trinajstić information content (AvgIpc) is 2.63. The number of ether oxygens (including phenoxy) is 1. The van der Waals surface area contributed by atoms with Crippen molar-refractivity contribution >= 4 is 0 Å². The van der Waals surface area contributed by atoms with Gasteiger partial charge in [-0.25, -0.2) is 0 Å². The average molecular weight is 364 g/mol. The van der Waals surface area contributed by atoms with Crippen molar-refractivity contribution in [2.45, 2.75) is 50.7 Å². The lowest BCUT2D eigenvalue weighted by atomic mass is 9.85. The molecule has 0 saturated carbocycles. The van der Waals surface area contributed by atoms with E-state index in [-0.39, 0.29) is 12.0 Å². The van der Waals surface area contributed by atoms with Gasteiger partial charge in [0.05, 0.1) is 23.9 Å². The Labute approximate surface area is 151 Å². The number of halogens is 3. The first-order valence-electron chi connectivity index (χ1n) is 8.89. The van der Waals surface area contributed by atoms with Gasteiger partial charge in [-0.2, -0.15) is 13.2 Å². The highest BCUT2D eigenvalue weighted by atomic mass is 19.4. The van der Waals surface area contributed by atoms with Crippen LogP contribution in [0.15, 0.2) is 54.6 Å². The molecule has 0 radical (unpaired) electrons. The van der Waals surface area contributed by atoms with E-state index in [1.807, 2.05) is 25.1 Å². The lowest BCUT2D eigenvalue weighted by Crippen LogP contribution is -2.38. The van der Waals surface area contributed by atoms with Gasteiger partial charge < -0.3 is 9.84 Å². The maximum Gasteiger partial charge on any atom is 0.416 e. The van der Waals surface area contributed by atoms with E-state index in [1.54, 1.807) is 0 Å². The van der Waals surface area contributed by atoms with Gasteiger partial charge in [-0.05, 0) is 42.5 Å². The summed E-state index contributed by atoms with van der Waals surface area (Å²) >= 11 is 0. The van der Waals surface area contributed by atoms with Crippen LogP contribution in [0.25, 0.3) is 0 Å². The van der Waals surface area contributed by atoms with Crippen molar-refractivity contribution in [1.29, 1.82) is 0 Å². The number of aryl methyl sites for hydroxylation is 1. The Kier molecular flexibility index (Phi) is 5.68. The predicted molar refractivity (Wildman–Crippen MR) is 93.6 cm³/mol. The monoisotopic (exact) mass is 364 g/mol. The molecule has 1 aliphatic heterocycles. The van der Waals surface area contributed by atoms with Crippen molar-refractivity contribution in [3.05, 3.63) is 71.3 Å². The minimum Gasteiger partial charge on any atom is -0.393 e. The van der Waals surface area contributed by atoms with Crippen molar-refractivity contribution in [1.82, 2.24) is 0 Å². The van der Waals surface area contributed by atoms with Crippen LogP contribution in [-0.4, -0.2) is 17.3 Å². The van der Waals surface area contributed by atoms with E-state index in [2.05, 4.69) is 12.1 Å². The first-order chi connectivity index (χ1) is 12.3. The minimum absolute atomic E-state index is 0.117. The first kappa shape index (κ1) is 18.9. The molecule has 1 fully saturated rings. The van der Waals surface area contributed by atoms with Crippen LogP contribution in [0.5, 0.6) is 0 Å². The Hall–Kier alpha value is -1.85. The Balaban J connectivity index is 1.69. The van der Waals surface area contributed by atoms with Gasteiger partial charge in [-0.3, -0.25) is 0 Å². The third-order valence-corrected chi connectivity index (χ3v) is 5.09. The molecule has 5 heteroatoms. The lowest BCUT2D eigenvalue weighted by molar-refractivity contribution is -0.139. The molecule has 0 unspecified atom stereocenters. The summed E-state index contributed by atoms with van der Waals surface area (Å²) in [4.78, 5) is 0. The zero-order chi connectivity index (χ0) is 18.7. The highest BCUT2D eigenvalue weighted by molar-refractivity contribution is 5.27. The Morgan fingerprint density at radius 1 is 1.04 bits per heavy atom. The number of rotatable bonds is 4. The van der Waals surface area contributed by atoms with Gasteiger partial charge in [0.25, 0.3) is 0 Å². The molecular formula is C21H23F3O2. The summed E-state index contributed by atoms with van der Waals surface area (Å²) < 4.78 is 44.4.